The molecule has 0 rings (SSSR count). The van der Waals surface area contributed by atoms with Crippen LogP contribution in [0.2, 0.25) is 0 Å². The number of esters is 2. The van der Waals surface area contributed by atoms with Gasteiger partial charge in [-0.3, -0.25) is 9.59 Å². The summed E-state index contributed by atoms with van der Waals surface area (Å²) in [5, 5.41) is 0. The van der Waals surface area contributed by atoms with E-state index in [1.807, 2.05) is 0 Å². The highest BCUT2D eigenvalue weighted by molar-refractivity contribution is 5.70. The van der Waals surface area contributed by atoms with Crippen molar-refractivity contribution < 1.29 is 19.1 Å². The van der Waals surface area contributed by atoms with Crippen molar-refractivity contribution in [2.75, 3.05) is 6.61 Å². The number of ether oxygens (including phenoxy) is 2. The number of rotatable bonds is 18. The highest BCUT2D eigenvalue weighted by Gasteiger charge is 2.05. The second-order valence-corrected chi connectivity index (χ2v) is 6.70. The van der Waals surface area contributed by atoms with Crippen LogP contribution in [0.25, 0.3) is 0 Å². The van der Waals surface area contributed by atoms with Crippen LogP contribution in [-0.2, 0) is 19.1 Å². The van der Waals surface area contributed by atoms with Gasteiger partial charge in [-0.2, -0.15) is 0 Å². The largest absolute Gasteiger partial charge is 0.466 e. The van der Waals surface area contributed by atoms with Crippen LogP contribution in [0, 0.1) is 6.61 Å². The van der Waals surface area contributed by atoms with E-state index in [-0.39, 0.29) is 11.9 Å². The first kappa shape index (κ1) is 23.9. The first-order chi connectivity index (χ1) is 12.2. The molecule has 0 amide bonds. The Kier molecular flexibility index (Phi) is 18.5. The molecule has 0 saturated heterocycles. The molecule has 25 heavy (non-hydrogen) atoms. The maximum Gasteiger partial charge on any atom is 0.306 e. The van der Waals surface area contributed by atoms with Crippen LogP contribution < -0.4 is 0 Å². The van der Waals surface area contributed by atoms with Crippen LogP contribution in [0.4, 0.5) is 0 Å². The lowest BCUT2D eigenvalue weighted by molar-refractivity contribution is -0.144. The summed E-state index contributed by atoms with van der Waals surface area (Å²) in [5.74, 6) is -0.337. The van der Waals surface area contributed by atoms with Gasteiger partial charge < -0.3 is 9.47 Å². The monoisotopic (exact) mass is 355 g/mol. The SMILES string of the molecule is CCCCCCCCC(=O)O[CH]CCOC(=O)CCCCCCCC. The fraction of sp³-hybridized carbons (Fsp3) is 0.857. The Labute approximate surface area is 155 Å². The molecule has 0 unspecified atom stereocenters. The van der Waals surface area contributed by atoms with Gasteiger partial charge in [0.05, 0.1) is 6.61 Å². The molecule has 0 aliphatic heterocycles. The fourth-order valence-electron chi connectivity index (χ4n) is 2.60. The van der Waals surface area contributed by atoms with Gasteiger partial charge in [-0.15, -0.1) is 0 Å². The van der Waals surface area contributed by atoms with Crippen LogP contribution in [0.5, 0.6) is 0 Å². The third kappa shape index (κ3) is 19.1. The minimum Gasteiger partial charge on any atom is -0.466 e. The van der Waals surface area contributed by atoms with Crippen LogP contribution in [0.15, 0.2) is 0 Å². The van der Waals surface area contributed by atoms with Crippen molar-refractivity contribution in [1.29, 1.82) is 0 Å². The molecule has 0 aliphatic rings. The predicted octanol–water partition coefficient (Wildman–Crippen LogP) is 6.13. The Morgan fingerprint density at radius 1 is 0.680 bits per heavy atom. The lowest BCUT2D eigenvalue weighted by Crippen LogP contribution is -2.08. The van der Waals surface area contributed by atoms with Crippen LogP contribution in [-0.4, -0.2) is 18.5 Å². The van der Waals surface area contributed by atoms with Crippen molar-refractivity contribution in [3.63, 3.8) is 0 Å². The third-order valence-corrected chi connectivity index (χ3v) is 4.18. The first-order valence-electron chi connectivity index (χ1n) is 10.4. The van der Waals surface area contributed by atoms with Gasteiger partial charge in [-0.05, 0) is 12.8 Å². The van der Waals surface area contributed by atoms with E-state index in [0.717, 1.165) is 25.7 Å². The average molecular weight is 356 g/mol. The zero-order chi connectivity index (χ0) is 18.6. The molecule has 0 saturated carbocycles. The number of carbonyl (C=O) groups is 2. The Morgan fingerprint density at radius 2 is 1.16 bits per heavy atom. The molecule has 4 heteroatoms. The lowest BCUT2D eigenvalue weighted by Gasteiger charge is -2.06. The Balaban J connectivity index is 3.30. The number of unbranched alkanes of at least 4 members (excludes halogenated alkanes) is 10. The molecule has 0 aromatic heterocycles. The van der Waals surface area contributed by atoms with Gasteiger partial charge in [-0.1, -0.05) is 78.1 Å². The van der Waals surface area contributed by atoms with Crippen molar-refractivity contribution in [2.24, 2.45) is 0 Å². The van der Waals surface area contributed by atoms with Crippen molar-refractivity contribution in [3.8, 4) is 0 Å². The molecule has 147 valence electrons. The summed E-state index contributed by atoms with van der Waals surface area (Å²) in [6, 6.07) is 0. The zero-order valence-corrected chi connectivity index (χ0v) is 16.5. The average Bonchev–Trinajstić information content (AvgIpc) is 2.60. The number of carbonyl (C=O) groups excluding carboxylic acids is 2. The first-order valence-corrected chi connectivity index (χ1v) is 10.4. The zero-order valence-electron chi connectivity index (χ0n) is 16.5. The molecule has 0 fully saturated rings. The van der Waals surface area contributed by atoms with Gasteiger partial charge >= 0.3 is 11.9 Å². The Hall–Kier alpha value is -1.06. The van der Waals surface area contributed by atoms with Crippen molar-refractivity contribution in [2.45, 2.75) is 110 Å². The molecule has 0 bridgehead atoms. The fourth-order valence-corrected chi connectivity index (χ4v) is 2.60. The van der Waals surface area contributed by atoms with Gasteiger partial charge in [0.2, 0.25) is 0 Å². The number of hydrogen-bond donors (Lipinski definition) is 0. The summed E-state index contributed by atoms with van der Waals surface area (Å²) in [5.41, 5.74) is 0. The van der Waals surface area contributed by atoms with Crippen molar-refractivity contribution in [3.05, 3.63) is 6.61 Å². The lowest BCUT2D eigenvalue weighted by atomic mass is 10.1. The molecule has 0 N–H and O–H groups in total. The topological polar surface area (TPSA) is 52.6 Å². The van der Waals surface area contributed by atoms with Crippen molar-refractivity contribution >= 4 is 11.9 Å². The third-order valence-electron chi connectivity index (χ3n) is 4.18. The second kappa shape index (κ2) is 19.3. The standard InChI is InChI=1S/C21H39O4/c1-3-5-7-9-11-13-16-20(22)24-18-15-19-25-21(23)17-14-12-10-8-6-4-2/h18H,3-17,19H2,1-2H3. The molecule has 0 aromatic carbocycles. The van der Waals surface area contributed by atoms with Crippen LogP contribution in [0.3, 0.4) is 0 Å². The normalized spacial score (nSPS) is 10.6. The van der Waals surface area contributed by atoms with Gasteiger partial charge in [0, 0.05) is 19.3 Å². The summed E-state index contributed by atoms with van der Waals surface area (Å²) in [7, 11) is 0. The van der Waals surface area contributed by atoms with Crippen molar-refractivity contribution in [1.82, 2.24) is 0 Å². The summed E-state index contributed by atoms with van der Waals surface area (Å²) < 4.78 is 10.2. The van der Waals surface area contributed by atoms with E-state index < -0.39 is 0 Å². The Bertz CT molecular complexity index is 285. The van der Waals surface area contributed by atoms with E-state index in [1.165, 1.54) is 58.0 Å². The number of hydrogen-bond acceptors (Lipinski definition) is 4. The van der Waals surface area contributed by atoms with Gasteiger partial charge in [0.15, 0.2) is 0 Å². The predicted molar refractivity (Wildman–Crippen MR) is 102 cm³/mol. The molecule has 0 atom stereocenters. The van der Waals surface area contributed by atoms with E-state index in [1.54, 1.807) is 0 Å². The van der Waals surface area contributed by atoms with Gasteiger partial charge in [-0.25, -0.2) is 0 Å². The van der Waals surface area contributed by atoms with E-state index in [2.05, 4.69) is 13.8 Å². The molecular formula is C21H39O4. The molecule has 0 heterocycles. The summed E-state index contributed by atoms with van der Waals surface area (Å²) >= 11 is 0. The van der Waals surface area contributed by atoms with E-state index in [9.17, 15) is 9.59 Å². The smallest absolute Gasteiger partial charge is 0.306 e. The maximum atomic E-state index is 11.5. The maximum absolute atomic E-state index is 11.5. The minimum atomic E-state index is -0.186. The minimum absolute atomic E-state index is 0.151. The molecular weight excluding hydrogens is 316 g/mol. The van der Waals surface area contributed by atoms with E-state index >= 15 is 0 Å². The molecule has 0 spiro atoms. The van der Waals surface area contributed by atoms with Gasteiger partial charge in [0.25, 0.3) is 0 Å². The highest BCUT2D eigenvalue weighted by Crippen LogP contribution is 2.09. The second-order valence-electron chi connectivity index (χ2n) is 6.70. The van der Waals surface area contributed by atoms with E-state index in [4.69, 9.17) is 9.47 Å². The summed E-state index contributed by atoms with van der Waals surface area (Å²) in [6.07, 6.45) is 15.3. The molecule has 1 radical (unpaired) electrons. The summed E-state index contributed by atoms with van der Waals surface area (Å²) in [4.78, 5) is 23.1. The van der Waals surface area contributed by atoms with Gasteiger partial charge in [0.1, 0.15) is 6.61 Å². The van der Waals surface area contributed by atoms with E-state index in [0.29, 0.717) is 25.9 Å². The van der Waals surface area contributed by atoms with Crippen LogP contribution >= 0.6 is 0 Å². The highest BCUT2D eigenvalue weighted by atomic mass is 16.5. The Morgan fingerprint density at radius 3 is 1.72 bits per heavy atom. The summed E-state index contributed by atoms with van der Waals surface area (Å²) in [6.45, 7) is 6.13. The quantitative estimate of drug-likeness (QED) is 0.219. The van der Waals surface area contributed by atoms with Crippen LogP contribution in [0.1, 0.15) is 110 Å². The molecule has 0 aliphatic carbocycles. The molecule has 4 nitrogen and oxygen atoms in total. The molecule has 0 aromatic rings.